The standard InChI is InChI=1S/C7H12N2O2/c1-3-7(10)11-9-5-4-8(2)6-9/h4-5H,3,6H2,1-2H3. The average molecular weight is 156 g/mol. The lowest BCUT2D eigenvalue weighted by molar-refractivity contribution is -0.179. The molecule has 1 aliphatic rings. The van der Waals surface area contributed by atoms with Crippen LogP contribution in [0.25, 0.3) is 0 Å². The summed E-state index contributed by atoms with van der Waals surface area (Å²) in [4.78, 5) is 17.6. The minimum Gasteiger partial charge on any atom is -0.359 e. The Balaban J connectivity index is 2.29. The maximum absolute atomic E-state index is 10.8. The predicted molar refractivity (Wildman–Crippen MR) is 40.0 cm³/mol. The SMILES string of the molecule is CCC(=O)ON1C=CN(C)C1. The molecular weight excluding hydrogens is 144 g/mol. The summed E-state index contributed by atoms with van der Waals surface area (Å²) in [6.45, 7) is 2.39. The van der Waals surface area contributed by atoms with E-state index < -0.39 is 0 Å². The molecule has 0 aromatic rings. The van der Waals surface area contributed by atoms with Crippen molar-refractivity contribution in [1.29, 1.82) is 0 Å². The number of carbonyl (C=O) groups excluding carboxylic acids is 1. The van der Waals surface area contributed by atoms with Gasteiger partial charge >= 0.3 is 5.97 Å². The first kappa shape index (κ1) is 7.91. The molecule has 0 unspecified atom stereocenters. The van der Waals surface area contributed by atoms with E-state index in [9.17, 15) is 4.79 Å². The molecule has 0 aromatic heterocycles. The van der Waals surface area contributed by atoms with Crippen molar-refractivity contribution >= 4 is 5.97 Å². The third kappa shape index (κ3) is 2.14. The lowest BCUT2D eigenvalue weighted by Gasteiger charge is -2.16. The van der Waals surface area contributed by atoms with E-state index in [-0.39, 0.29) is 5.97 Å². The van der Waals surface area contributed by atoms with Crippen LogP contribution >= 0.6 is 0 Å². The van der Waals surface area contributed by atoms with Gasteiger partial charge < -0.3 is 9.74 Å². The van der Waals surface area contributed by atoms with Gasteiger partial charge in [0.15, 0.2) is 0 Å². The van der Waals surface area contributed by atoms with Crippen molar-refractivity contribution in [2.75, 3.05) is 13.7 Å². The number of carbonyl (C=O) groups is 1. The van der Waals surface area contributed by atoms with Crippen LogP contribution in [0, 0.1) is 0 Å². The van der Waals surface area contributed by atoms with Gasteiger partial charge in [0.2, 0.25) is 0 Å². The largest absolute Gasteiger partial charge is 0.359 e. The van der Waals surface area contributed by atoms with Gasteiger partial charge in [-0.15, -0.1) is 0 Å². The molecule has 0 aromatic carbocycles. The predicted octanol–water partition coefficient (Wildman–Crippen LogP) is 0.531. The number of nitrogens with zero attached hydrogens (tertiary/aromatic N) is 2. The zero-order valence-corrected chi connectivity index (χ0v) is 6.78. The summed E-state index contributed by atoms with van der Waals surface area (Å²) in [5, 5.41) is 1.51. The smallest absolute Gasteiger partial charge is 0.332 e. The number of hydrogen-bond donors (Lipinski definition) is 0. The van der Waals surface area contributed by atoms with Gasteiger partial charge in [-0.2, -0.15) is 5.06 Å². The van der Waals surface area contributed by atoms with Gasteiger partial charge in [0.1, 0.15) is 6.67 Å². The Bertz CT molecular complexity index is 179. The van der Waals surface area contributed by atoms with Gasteiger partial charge in [-0.3, -0.25) is 0 Å². The molecule has 4 heteroatoms. The fraction of sp³-hybridized carbons (Fsp3) is 0.571. The summed E-state index contributed by atoms with van der Waals surface area (Å²) < 4.78 is 0. The van der Waals surface area contributed by atoms with Gasteiger partial charge in [0.05, 0.1) is 6.20 Å². The fourth-order valence-electron chi connectivity index (χ4n) is 0.757. The molecule has 0 N–H and O–H groups in total. The molecule has 0 bridgehead atoms. The van der Waals surface area contributed by atoms with Crippen molar-refractivity contribution in [2.24, 2.45) is 0 Å². The van der Waals surface area contributed by atoms with Gasteiger partial charge in [0.25, 0.3) is 0 Å². The minimum atomic E-state index is -0.204. The maximum Gasteiger partial charge on any atom is 0.332 e. The minimum absolute atomic E-state index is 0.204. The molecule has 1 rings (SSSR count). The average Bonchev–Trinajstić information content (AvgIpc) is 2.35. The second-order valence-electron chi connectivity index (χ2n) is 2.43. The molecule has 0 aliphatic carbocycles. The summed E-state index contributed by atoms with van der Waals surface area (Å²) in [5.74, 6) is -0.204. The normalized spacial score (nSPS) is 15.8. The van der Waals surface area contributed by atoms with Crippen molar-refractivity contribution < 1.29 is 9.63 Å². The highest BCUT2D eigenvalue weighted by molar-refractivity contribution is 5.68. The highest BCUT2D eigenvalue weighted by Gasteiger charge is 2.11. The molecule has 0 fully saturated rings. The van der Waals surface area contributed by atoms with Crippen LogP contribution in [0.3, 0.4) is 0 Å². The highest BCUT2D eigenvalue weighted by atomic mass is 16.7. The van der Waals surface area contributed by atoms with E-state index in [1.807, 2.05) is 18.1 Å². The van der Waals surface area contributed by atoms with Crippen LogP contribution in [0.1, 0.15) is 13.3 Å². The van der Waals surface area contributed by atoms with Crippen LogP contribution < -0.4 is 0 Å². The zero-order chi connectivity index (χ0) is 8.27. The lowest BCUT2D eigenvalue weighted by atomic mass is 10.5. The number of hydroxylamine groups is 2. The van der Waals surface area contributed by atoms with Crippen LogP contribution in [0.5, 0.6) is 0 Å². The number of hydrogen-bond acceptors (Lipinski definition) is 4. The first-order chi connectivity index (χ1) is 5.22. The maximum atomic E-state index is 10.8. The third-order valence-corrected chi connectivity index (χ3v) is 1.36. The topological polar surface area (TPSA) is 32.8 Å². The molecule has 0 spiro atoms. The van der Waals surface area contributed by atoms with Crippen molar-refractivity contribution in [3.05, 3.63) is 12.4 Å². The van der Waals surface area contributed by atoms with E-state index in [4.69, 9.17) is 4.84 Å². The highest BCUT2D eigenvalue weighted by Crippen LogP contribution is 2.04. The van der Waals surface area contributed by atoms with Crippen LogP contribution in [0.4, 0.5) is 0 Å². The van der Waals surface area contributed by atoms with Crippen LogP contribution in [-0.2, 0) is 9.63 Å². The molecule has 1 aliphatic heterocycles. The van der Waals surface area contributed by atoms with E-state index >= 15 is 0 Å². The molecule has 1 heterocycles. The molecular formula is C7H12N2O2. The molecule has 11 heavy (non-hydrogen) atoms. The van der Waals surface area contributed by atoms with Crippen LogP contribution in [-0.4, -0.2) is 29.6 Å². The Labute approximate surface area is 66.0 Å². The van der Waals surface area contributed by atoms with Crippen molar-refractivity contribution in [3.63, 3.8) is 0 Å². The molecule has 0 saturated carbocycles. The zero-order valence-electron chi connectivity index (χ0n) is 6.78. The summed E-state index contributed by atoms with van der Waals surface area (Å²) in [6.07, 6.45) is 3.99. The summed E-state index contributed by atoms with van der Waals surface area (Å²) in [5.41, 5.74) is 0. The van der Waals surface area contributed by atoms with Gasteiger partial charge in [-0.05, 0) is 0 Å². The van der Waals surface area contributed by atoms with Gasteiger partial charge in [-0.25, -0.2) is 4.79 Å². The van der Waals surface area contributed by atoms with Crippen LogP contribution in [0.15, 0.2) is 12.4 Å². The molecule has 0 saturated heterocycles. The Hall–Kier alpha value is -1.19. The summed E-state index contributed by atoms with van der Waals surface area (Å²) in [7, 11) is 1.91. The fourth-order valence-corrected chi connectivity index (χ4v) is 0.757. The Morgan fingerprint density at radius 1 is 1.64 bits per heavy atom. The Kier molecular flexibility index (Phi) is 2.36. The monoisotopic (exact) mass is 156 g/mol. The van der Waals surface area contributed by atoms with Crippen molar-refractivity contribution in [2.45, 2.75) is 13.3 Å². The van der Waals surface area contributed by atoms with E-state index in [2.05, 4.69) is 0 Å². The van der Waals surface area contributed by atoms with E-state index in [1.54, 1.807) is 13.1 Å². The first-order valence-electron chi connectivity index (χ1n) is 3.58. The molecule has 62 valence electrons. The van der Waals surface area contributed by atoms with E-state index in [1.165, 1.54) is 5.06 Å². The second-order valence-corrected chi connectivity index (χ2v) is 2.43. The van der Waals surface area contributed by atoms with Gasteiger partial charge in [-0.1, -0.05) is 6.92 Å². The quantitative estimate of drug-likeness (QED) is 0.584. The summed E-state index contributed by atoms with van der Waals surface area (Å²) in [6, 6.07) is 0. The van der Waals surface area contributed by atoms with Crippen molar-refractivity contribution in [3.8, 4) is 0 Å². The molecule has 0 radical (unpaired) electrons. The number of rotatable bonds is 2. The third-order valence-electron chi connectivity index (χ3n) is 1.36. The van der Waals surface area contributed by atoms with Crippen molar-refractivity contribution in [1.82, 2.24) is 9.96 Å². The molecule has 4 nitrogen and oxygen atoms in total. The molecule has 0 atom stereocenters. The van der Waals surface area contributed by atoms with Crippen LogP contribution in [0.2, 0.25) is 0 Å². The van der Waals surface area contributed by atoms with E-state index in [0.29, 0.717) is 13.1 Å². The Morgan fingerprint density at radius 2 is 2.36 bits per heavy atom. The second kappa shape index (κ2) is 3.27. The first-order valence-corrected chi connectivity index (χ1v) is 3.58. The van der Waals surface area contributed by atoms with Gasteiger partial charge in [0, 0.05) is 19.7 Å². The Morgan fingerprint density at radius 3 is 2.82 bits per heavy atom. The summed E-state index contributed by atoms with van der Waals surface area (Å²) >= 11 is 0. The lowest BCUT2D eigenvalue weighted by Crippen LogP contribution is -2.25. The van der Waals surface area contributed by atoms with E-state index in [0.717, 1.165) is 0 Å². The molecule has 0 amide bonds.